The Hall–Kier alpha value is -2.73. The van der Waals surface area contributed by atoms with Gasteiger partial charge in [0, 0.05) is 12.8 Å². The highest BCUT2D eigenvalue weighted by molar-refractivity contribution is 5.68. The standard InChI is InChI=1S/C28H40N2O4/c1-28(2,3)34-27(33)29-24-13-8-18-30(21-24,16-6-11-22-9-4-14-25(31)19-22)17-7-12-23-10-5-15-26(32)20-23/h4-5,9-10,14-15,19-20,24H,6-8,11-13,16-18,21H2,1-3H3,(H2-,29,31,32,33)/p+1. The van der Waals surface area contributed by atoms with Crippen molar-refractivity contribution >= 4 is 6.09 Å². The first kappa shape index (κ1) is 25.9. The lowest BCUT2D eigenvalue weighted by atomic mass is 9.99. The second-order valence-electron chi connectivity index (χ2n) is 10.7. The first-order valence-corrected chi connectivity index (χ1v) is 12.5. The zero-order valence-electron chi connectivity index (χ0n) is 20.9. The van der Waals surface area contributed by atoms with Crippen molar-refractivity contribution in [1.29, 1.82) is 0 Å². The third-order valence-electron chi connectivity index (χ3n) is 6.53. The predicted octanol–water partition coefficient (Wildman–Crippen LogP) is 5.17. The number of piperidine rings is 1. The highest BCUT2D eigenvalue weighted by Gasteiger charge is 2.35. The van der Waals surface area contributed by atoms with Crippen molar-refractivity contribution < 1.29 is 24.2 Å². The van der Waals surface area contributed by atoms with Crippen LogP contribution in [-0.4, -0.2) is 58.6 Å². The maximum atomic E-state index is 12.4. The van der Waals surface area contributed by atoms with Gasteiger partial charge in [0.1, 0.15) is 17.1 Å². The van der Waals surface area contributed by atoms with Crippen LogP contribution in [0.5, 0.6) is 11.5 Å². The molecule has 1 amide bonds. The summed E-state index contributed by atoms with van der Waals surface area (Å²) in [5.41, 5.74) is 1.80. The van der Waals surface area contributed by atoms with Crippen LogP contribution in [0.1, 0.15) is 57.6 Å². The molecule has 34 heavy (non-hydrogen) atoms. The summed E-state index contributed by atoms with van der Waals surface area (Å²) in [6, 6.07) is 15.1. The minimum absolute atomic E-state index is 0.102. The van der Waals surface area contributed by atoms with E-state index in [4.69, 9.17) is 4.74 Å². The van der Waals surface area contributed by atoms with Crippen LogP contribution in [-0.2, 0) is 17.6 Å². The molecule has 1 fully saturated rings. The van der Waals surface area contributed by atoms with E-state index in [1.807, 2.05) is 45.0 Å². The fraction of sp³-hybridized carbons (Fsp3) is 0.536. The van der Waals surface area contributed by atoms with Gasteiger partial charge < -0.3 is 24.7 Å². The van der Waals surface area contributed by atoms with E-state index >= 15 is 0 Å². The van der Waals surface area contributed by atoms with Gasteiger partial charge in [-0.3, -0.25) is 0 Å². The van der Waals surface area contributed by atoms with E-state index in [0.29, 0.717) is 11.5 Å². The second-order valence-corrected chi connectivity index (χ2v) is 10.7. The number of amides is 1. The molecule has 6 heteroatoms. The number of aryl methyl sites for hydroxylation is 2. The van der Waals surface area contributed by atoms with Crippen molar-refractivity contribution in [2.75, 3.05) is 26.2 Å². The highest BCUT2D eigenvalue weighted by atomic mass is 16.6. The Morgan fingerprint density at radius 1 is 1.00 bits per heavy atom. The summed E-state index contributed by atoms with van der Waals surface area (Å²) in [5, 5.41) is 22.7. The maximum absolute atomic E-state index is 12.4. The fourth-order valence-corrected chi connectivity index (χ4v) is 5.09. The lowest BCUT2D eigenvalue weighted by Gasteiger charge is -2.45. The summed E-state index contributed by atoms with van der Waals surface area (Å²) >= 11 is 0. The number of carbonyl (C=O) groups is 1. The lowest BCUT2D eigenvalue weighted by molar-refractivity contribution is -0.933. The van der Waals surface area contributed by atoms with Crippen LogP contribution in [0.25, 0.3) is 0 Å². The van der Waals surface area contributed by atoms with E-state index in [2.05, 4.69) is 17.4 Å². The Labute approximate surface area is 204 Å². The summed E-state index contributed by atoms with van der Waals surface area (Å²) < 4.78 is 6.47. The number of alkyl carbamates (subject to hydrolysis) is 1. The number of nitrogens with zero attached hydrogens (tertiary/aromatic N) is 1. The predicted molar refractivity (Wildman–Crippen MR) is 135 cm³/mol. The normalized spacial score (nSPS) is 17.8. The van der Waals surface area contributed by atoms with Crippen LogP contribution in [0, 0.1) is 0 Å². The molecule has 0 aromatic heterocycles. The van der Waals surface area contributed by atoms with E-state index in [9.17, 15) is 15.0 Å². The number of phenolic OH excluding ortho intramolecular Hbond substituents is 2. The molecule has 2 aromatic rings. The quantitative estimate of drug-likeness (QED) is 0.443. The number of hydrogen-bond acceptors (Lipinski definition) is 4. The van der Waals surface area contributed by atoms with Gasteiger partial charge in [-0.25, -0.2) is 4.79 Å². The number of rotatable bonds is 9. The Morgan fingerprint density at radius 3 is 2.06 bits per heavy atom. The molecule has 1 saturated heterocycles. The van der Waals surface area contributed by atoms with Crippen molar-refractivity contribution in [2.45, 2.75) is 70.9 Å². The molecule has 1 aliphatic heterocycles. The third kappa shape index (κ3) is 8.56. The fourth-order valence-electron chi connectivity index (χ4n) is 5.09. The number of carbonyl (C=O) groups excluding carboxylic acids is 1. The van der Waals surface area contributed by atoms with Gasteiger partial charge in [0.25, 0.3) is 0 Å². The molecule has 1 unspecified atom stereocenters. The van der Waals surface area contributed by atoms with Gasteiger partial charge in [-0.2, -0.15) is 0 Å². The number of likely N-dealkylation sites (tertiary alicyclic amines) is 1. The highest BCUT2D eigenvalue weighted by Crippen LogP contribution is 2.24. The molecule has 0 radical (unpaired) electrons. The summed E-state index contributed by atoms with van der Waals surface area (Å²) in [6.07, 6.45) is 5.59. The number of nitrogens with one attached hydrogen (secondary N) is 1. The van der Waals surface area contributed by atoms with Gasteiger partial charge >= 0.3 is 6.09 Å². The molecule has 0 spiro atoms. The number of quaternary nitrogens is 1. The third-order valence-corrected chi connectivity index (χ3v) is 6.53. The van der Waals surface area contributed by atoms with Gasteiger partial charge in [0.15, 0.2) is 0 Å². The second kappa shape index (κ2) is 11.6. The molecule has 3 N–H and O–H groups in total. The van der Waals surface area contributed by atoms with E-state index in [1.54, 1.807) is 12.1 Å². The first-order chi connectivity index (χ1) is 16.1. The largest absolute Gasteiger partial charge is 0.508 e. The molecule has 186 valence electrons. The molecule has 3 rings (SSSR count). The van der Waals surface area contributed by atoms with Crippen LogP contribution in [0.4, 0.5) is 4.79 Å². The zero-order valence-corrected chi connectivity index (χ0v) is 20.9. The number of hydrogen-bond donors (Lipinski definition) is 3. The van der Waals surface area contributed by atoms with Gasteiger partial charge in [-0.1, -0.05) is 24.3 Å². The number of phenols is 2. The van der Waals surface area contributed by atoms with Crippen LogP contribution < -0.4 is 5.32 Å². The van der Waals surface area contributed by atoms with Crippen LogP contribution in [0.15, 0.2) is 48.5 Å². The molecule has 6 nitrogen and oxygen atoms in total. The Kier molecular flexibility index (Phi) is 8.84. The van der Waals surface area contributed by atoms with Crippen LogP contribution in [0.2, 0.25) is 0 Å². The summed E-state index contributed by atoms with van der Waals surface area (Å²) in [4.78, 5) is 12.4. The average molecular weight is 470 g/mol. The van der Waals surface area contributed by atoms with Gasteiger partial charge in [-0.15, -0.1) is 0 Å². The van der Waals surface area contributed by atoms with E-state index in [-0.39, 0.29) is 12.1 Å². The van der Waals surface area contributed by atoms with Crippen molar-refractivity contribution in [1.82, 2.24) is 5.32 Å². The van der Waals surface area contributed by atoms with Crippen molar-refractivity contribution in [2.24, 2.45) is 0 Å². The Balaban J connectivity index is 1.63. The molecule has 2 aromatic carbocycles. The van der Waals surface area contributed by atoms with Crippen molar-refractivity contribution in [3.63, 3.8) is 0 Å². The van der Waals surface area contributed by atoms with E-state index in [1.165, 1.54) is 0 Å². The molecular formula is C28H41N2O4+. The zero-order chi connectivity index (χ0) is 24.6. The monoisotopic (exact) mass is 469 g/mol. The Bertz CT molecular complexity index is 886. The van der Waals surface area contributed by atoms with E-state index < -0.39 is 5.60 Å². The number of aromatic hydroxyl groups is 2. The van der Waals surface area contributed by atoms with Crippen molar-refractivity contribution in [3.8, 4) is 11.5 Å². The minimum atomic E-state index is -0.507. The van der Waals surface area contributed by atoms with Crippen LogP contribution >= 0.6 is 0 Å². The molecule has 1 aliphatic rings. The lowest BCUT2D eigenvalue weighted by Crippen LogP contribution is -2.60. The maximum Gasteiger partial charge on any atom is 0.408 e. The molecule has 1 heterocycles. The molecule has 1 atom stereocenters. The van der Waals surface area contributed by atoms with E-state index in [0.717, 1.165) is 80.3 Å². The SMILES string of the molecule is CC(C)(C)OC(=O)NC1CCC[N+](CCCc2cccc(O)c2)(CCCc2cccc(O)c2)C1. The average Bonchev–Trinajstić information content (AvgIpc) is 2.73. The Morgan fingerprint density at radius 2 is 1.56 bits per heavy atom. The van der Waals surface area contributed by atoms with Gasteiger partial charge in [-0.05, 0) is 81.8 Å². The molecule has 0 aliphatic carbocycles. The number of ether oxygens (including phenoxy) is 1. The van der Waals surface area contributed by atoms with Crippen molar-refractivity contribution in [3.05, 3.63) is 59.7 Å². The van der Waals surface area contributed by atoms with Gasteiger partial charge in [0.05, 0.1) is 32.2 Å². The minimum Gasteiger partial charge on any atom is -0.508 e. The number of benzene rings is 2. The molecule has 0 bridgehead atoms. The molecular weight excluding hydrogens is 428 g/mol. The summed E-state index contributed by atoms with van der Waals surface area (Å²) in [5.74, 6) is 0.624. The summed E-state index contributed by atoms with van der Waals surface area (Å²) in [7, 11) is 0. The summed E-state index contributed by atoms with van der Waals surface area (Å²) in [6.45, 7) is 9.72. The van der Waals surface area contributed by atoms with Crippen LogP contribution in [0.3, 0.4) is 0 Å². The first-order valence-electron chi connectivity index (χ1n) is 12.5. The van der Waals surface area contributed by atoms with Gasteiger partial charge in [0.2, 0.25) is 0 Å². The molecule has 0 saturated carbocycles. The topological polar surface area (TPSA) is 78.8 Å². The smallest absolute Gasteiger partial charge is 0.408 e.